The number of amides is 1. The summed E-state index contributed by atoms with van der Waals surface area (Å²) in [7, 11) is 1.84. The Hall–Kier alpha value is -0.860. The number of carbonyl (C=O) groups excluding carboxylic acids is 2. The Morgan fingerprint density at radius 2 is 1.75 bits per heavy atom. The van der Waals surface area contributed by atoms with Gasteiger partial charge in [0.2, 0.25) is 5.91 Å². The van der Waals surface area contributed by atoms with E-state index in [9.17, 15) is 9.59 Å². The first kappa shape index (κ1) is 15.1. The molecule has 3 nitrogen and oxygen atoms in total. The van der Waals surface area contributed by atoms with Crippen LogP contribution in [0.3, 0.4) is 0 Å². The van der Waals surface area contributed by atoms with E-state index in [0.29, 0.717) is 19.3 Å². The second-order valence-electron chi connectivity index (χ2n) is 4.64. The maximum Gasteiger partial charge on any atom is 0.222 e. The van der Waals surface area contributed by atoms with Gasteiger partial charge < -0.3 is 4.90 Å². The molecular formula is C13H25NO2. The summed E-state index contributed by atoms with van der Waals surface area (Å²) in [6.07, 6.45) is 3.87. The Labute approximate surface area is 99.2 Å². The first-order valence-corrected chi connectivity index (χ1v) is 6.25. The van der Waals surface area contributed by atoms with Gasteiger partial charge in [-0.15, -0.1) is 0 Å². The molecule has 0 aliphatic carbocycles. The van der Waals surface area contributed by atoms with Gasteiger partial charge in [-0.1, -0.05) is 27.2 Å². The van der Waals surface area contributed by atoms with Crippen molar-refractivity contribution < 1.29 is 9.59 Å². The number of rotatable bonds is 8. The summed E-state index contributed by atoms with van der Waals surface area (Å²) >= 11 is 0. The van der Waals surface area contributed by atoms with Gasteiger partial charge in [0.05, 0.1) is 0 Å². The molecule has 3 heteroatoms. The molecule has 0 bridgehead atoms. The molecule has 0 aromatic rings. The molecule has 0 atom stereocenters. The van der Waals surface area contributed by atoms with Gasteiger partial charge in [-0.2, -0.15) is 0 Å². The van der Waals surface area contributed by atoms with Gasteiger partial charge in [0.25, 0.3) is 0 Å². The van der Waals surface area contributed by atoms with Crippen LogP contribution >= 0.6 is 0 Å². The predicted molar refractivity (Wildman–Crippen MR) is 66.2 cm³/mol. The van der Waals surface area contributed by atoms with Crippen LogP contribution in [0.4, 0.5) is 0 Å². The number of Topliss-reactive ketones (excluding diaryl/α,β-unsaturated/α-hetero) is 1. The van der Waals surface area contributed by atoms with Crippen LogP contribution in [-0.2, 0) is 9.59 Å². The van der Waals surface area contributed by atoms with Crippen LogP contribution < -0.4 is 0 Å². The van der Waals surface area contributed by atoms with Crippen LogP contribution in [0.5, 0.6) is 0 Å². The van der Waals surface area contributed by atoms with Gasteiger partial charge in [0.15, 0.2) is 0 Å². The van der Waals surface area contributed by atoms with Crippen LogP contribution in [-0.4, -0.2) is 30.2 Å². The number of hydrogen-bond acceptors (Lipinski definition) is 2. The van der Waals surface area contributed by atoms with Gasteiger partial charge in [0.1, 0.15) is 5.78 Å². The normalized spacial score (nSPS) is 10.6. The van der Waals surface area contributed by atoms with Crippen molar-refractivity contribution in [2.24, 2.45) is 5.92 Å². The summed E-state index contributed by atoms with van der Waals surface area (Å²) in [6.45, 7) is 6.74. The number of unbranched alkanes of at least 4 members (excludes halogenated alkanes) is 1. The highest BCUT2D eigenvalue weighted by atomic mass is 16.2. The Bertz CT molecular complexity index is 224. The number of ketones is 1. The molecule has 1 amide bonds. The fourth-order valence-corrected chi connectivity index (χ4v) is 1.41. The van der Waals surface area contributed by atoms with E-state index in [1.54, 1.807) is 4.90 Å². The van der Waals surface area contributed by atoms with Gasteiger partial charge in [-0.05, 0) is 12.8 Å². The SMILES string of the molecule is CCCCN(C)C(=O)CCCC(=O)C(C)C. The lowest BCUT2D eigenvalue weighted by Gasteiger charge is -2.16. The number of carbonyl (C=O) groups is 2. The summed E-state index contributed by atoms with van der Waals surface area (Å²) < 4.78 is 0. The summed E-state index contributed by atoms with van der Waals surface area (Å²) in [4.78, 5) is 24.7. The minimum Gasteiger partial charge on any atom is -0.346 e. The average molecular weight is 227 g/mol. The van der Waals surface area contributed by atoms with Crippen molar-refractivity contribution in [2.75, 3.05) is 13.6 Å². The van der Waals surface area contributed by atoms with E-state index in [1.165, 1.54) is 0 Å². The van der Waals surface area contributed by atoms with Crippen molar-refractivity contribution in [3.05, 3.63) is 0 Å². The summed E-state index contributed by atoms with van der Waals surface area (Å²) in [6, 6.07) is 0. The highest BCUT2D eigenvalue weighted by Crippen LogP contribution is 2.06. The molecule has 16 heavy (non-hydrogen) atoms. The lowest BCUT2D eigenvalue weighted by molar-refractivity contribution is -0.130. The summed E-state index contributed by atoms with van der Waals surface area (Å²) in [5, 5.41) is 0. The van der Waals surface area contributed by atoms with Gasteiger partial charge in [0, 0.05) is 32.4 Å². The van der Waals surface area contributed by atoms with Crippen LogP contribution in [0.2, 0.25) is 0 Å². The third-order valence-electron chi connectivity index (χ3n) is 2.73. The molecule has 0 aliphatic heterocycles. The minimum absolute atomic E-state index is 0.0907. The van der Waals surface area contributed by atoms with E-state index in [1.807, 2.05) is 20.9 Å². The standard InChI is InChI=1S/C13H25NO2/c1-5-6-10-14(4)13(16)9-7-8-12(15)11(2)3/h11H,5-10H2,1-4H3. The fraction of sp³-hybridized carbons (Fsp3) is 0.846. The highest BCUT2D eigenvalue weighted by Gasteiger charge is 2.11. The smallest absolute Gasteiger partial charge is 0.222 e. The quantitative estimate of drug-likeness (QED) is 0.639. The second-order valence-corrected chi connectivity index (χ2v) is 4.64. The molecule has 0 aromatic heterocycles. The molecule has 0 N–H and O–H groups in total. The molecule has 0 spiro atoms. The summed E-state index contributed by atoms with van der Waals surface area (Å²) in [5.74, 6) is 0.502. The van der Waals surface area contributed by atoms with Crippen LogP contribution in [0, 0.1) is 5.92 Å². The maximum atomic E-state index is 11.6. The maximum absolute atomic E-state index is 11.6. The molecule has 0 unspecified atom stereocenters. The van der Waals surface area contributed by atoms with E-state index >= 15 is 0 Å². The molecule has 0 aliphatic rings. The van der Waals surface area contributed by atoms with E-state index in [0.717, 1.165) is 19.4 Å². The molecule has 0 saturated heterocycles. The van der Waals surface area contributed by atoms with E-state index in [4.69, 9.17) is 0 Å². The zero-order valence-electron chi connectivity index (χ0n) is 11.1. The number of nitrogens with zero attached hydrogens (tertiary/aromatic N) is 1. The molecule has 0 aromatic carbocycles. The Morgan fingerprint density at radius 1 is 1.12 bits per heavy atom. The van der Waals surface area contributed by atoms with Gasteiger partial charge >= 0.3 is 0 Å². The molecule has 0 heterocycles. The fourth-order valence-electron chi connectivity index (χ4n) is 1.41. The molecule has 0 fully saturated rings. The van der Waals surface area contributed by atoms with Crippen LogP contribution in [0.1, 0.15) is 52.9 Å². The first-order chi connectivity index (χ1) is 7.49. The largest absolute Gasteiger partial charge is 0.346 e. The Morgan fingerprint density at radius 3 is 2.25 bits per heavy atom. The van der Waals surface area contributed by atoms with Crippen LogP contribution in [0.15, 0.2) is 0 Å². The monoisotopic (exact) mass is 227 g/mol. The van der Waals surface area contributed by atoms with Crippen LogP contribution in [0.25, 0.3) is 0 Å². The Balaban J connectivity index is 3.68. The Kier molecular flexibility index (Phi) is 7.86. The summed E-state index contributed by atoms with van der Waals surface area (Å²) in [5.41, 5.74) is 0. The van der Waals surface area contributed by atoms with Crippen molar-refractivity contribution in [1.82, 2.24) is 4.90 Å². The lowest BCUT2D eigenvalue weighted by Crippen LogP contribution is -2.27. The van der Waals surface area contributed by atoms with E-state index < -0.39 is 0 Å². The highest BCUT2D eigenvalue weighted by molar-refractivity contribution is 5.81. The topological polar surface area (TPSA) is 37.4 Å². The zero-order valence-corrected chi connectivity index (χ0v) is 11.1. The molecule has 0 rings (SSSR count). The third-order valence-corrected chi connectivity index (χ3v) is 2.73. The van der Waals surface area contributed by atoms with Crippen molar-refractivity contribution in [2.45, 2.75) is 52.9 Å². The van der Waals surface area contributed by atoms with E-state index in [2.05, 4.69) is 6.92 Å². The van der Waals surface area contributed by atoms with Gasteiger partial charge in [-0.3, -0.25) is 9.59 Å². The molecule has 0 saturated carbocycles. The van der Waals surface area contributed by atoms with Crippen molar-refractivity contribution >= 4 is 11.7 Å². The minimum atomic E-state index is 0.0907. The zero-order chi connectivity index (χ0) is 12.6. The molecular weight excluding hydrogens is 202 g/mol. The molecule has 0 radical (unpaired) electrons. The first-order valence-electron chi connectivity index (χ1n) is 6.25. The average Bonchev–Trinajstić information content (AvgIpc) is 2.25. The van der Waals surface area contributed by atoms with Gasteiger partial charge in [-0.25, -0.2) is 0 Å². The van der Waals surface area contributed by atoms with E-state index in [-0.39, 0.29) is 17.6 Å². The second kappa shape index (κ2) is 8.31. The predicted octanol–water partition coefficient (Wildman–Crippen LogP) is 2.64. The van der Waals surface area contributed by atoms with Crippen molar-refractivity contribution in [3.8, 4) is 0 Å². The number of hydrogen-bond donors (Lipinski definition) is 0. The lowest BCUT2D eigenvalue weighted by atomic mass is 10.0. The van der Waals surface area contributed by atoms with Crippen molar-refractivity contribution in [1.29, 1.82) is 0 Å². The third kappa shape index (κ3) is 6.59. The molecule has 94 valence electrons. The van der Waals surface area contributed by atoms with Crippen molar-refractivity contribution in [3.63, 3.8) is 0 Å².